The molecule has 0 spiro atoms. The van der Waals surface area contributed by atoms with Crippen LogP contribution in [0.25, 0.3) is 0 Å². The molecule has 0 saturated carbocycles. The van der Waals surface area contributed by atoms with Gasteiger partial charge in [0.25, 0.3) is 0 Å². The molecule has 3 heterocycles. The summed E-state index contributed by atoms with van der Waals surface area (Å²) in [7, 11) is -4.06. The number of benzene rings is 1. The molecule has 1 unspecified atom stereocenters. The predicted molar refractivity (Wildman–Crippen MR) is 97.1 cm³/mol. The Morgan fingerprint density at radius 2 is 2.11 bits per heavy atom. The number of hydrogen-bond donors (Lipinski definition) is 2. The summed E-state index contributed by atoms with van der Waals surface area (Å²) in [5.41, 5.74) is 1.72. The lowest BCUT2D eigenvalue weighted by atomic mass is 10.0. The van der Waals surface area contributed by atoms with E-state index >= 15 is 0 Å². The summed E-state index contributed by atoms with van der Waals surface area (Å²) in [6, 6.07) is 5.54. The number of sulfonamides is 1. The second-order valence-corrected chi connectivity index (χ2v) is 8.47. The van der Waals surface area contributed by atoms with Gasteiger partial charge in [0.2, 0.25) is 15.9 Å². The van der Waals surface area contributed by atoms with Crippen molar-refractivity contribution >= 4 is 21.6 Å². The Hall–Kier alpha value is -2.36. The van der Waals surface area contributed by atoms with Gasteiger partial charge in [-0.05, 0) is 35.7 Å². The summed E-state index contributed by atoms with van der Waals surface area (Å²) in [5.74, 6) is -1.06. The van der Waals surface area contributed by atoms with Crippen molar-refractivity contribution in [3.63, 3.8) is 0 Å². The summed E-state index contributed by atoms with van der Waals surface area (Å²) in [5, 5.41) is 5.77. The Labute approximate surface area is 156 Å². The molecule has 1 atom stereocenters. The molecule has 1 amide bonds. The first-order chi connectivity index (χ1) is 13.0. The van der Waals surface area contributed by atoms with Crippen molar-refractivity contribution in [2.24, 2.45) is 0 Å². The number of piperazine rings is 1. The summed E-state index contributed by atoms with van der Waals surface area (Å²) in [6.45, 7) is 1.14. The fourth-order valence-corrected chi connectivity index (χ4v) is 5.25. The molecule has 7 nitrogen and oxygen atoms in total. The van der Waals surface area contributed by atoms with Crippen LogP contribution in [0.4, 0.5) is 10.1 Å². The maximum Gasteiger partial charge on any atom is 0.246 e. The first-order valence-electron chi connectivity index (χ1n) is 8.71. The highest BCUT2D eigenvalue weighted by Gasteiger charge is 2.36. The van der Waals surface area contributed by atoms with Gasteiger partial charge < -0.3 is 10.6 Å². The Bertz CT molecular complexity index is 982. The number of carbonyl (C=O) groups excluding carboxylic acids is 1. The molecule has 1 aromatic carbocycles. The van der Waals surface area contributed by atoms with E-state index in [1.165, 1.54) is 10.4 Å². The van der Waals surface area contributed by atoms with E-state index in [1.807, 2.05) is 6.07 Å². The highest BCUT2D eigenvalue weighted by Crippen LogP contribution is 2.33. The van der Waals surface area contributed by atoms with Crippen LogP contribution < -0.4 is 10.6 Å². The number of aromatic nitrogens is 1. The number of hydrogen-bond acceptors (Lipinski definition) is 5. The highest BCUT2D eigenvalue weighted by molar-refractivity contribution is 7.89. The van der Waals surface area contributed by atoms with Gasteiger partial charge in [0.15, 0.2) is 0 Å². The van der Waals surface area contributed by atoms with Gasteiger partial charge in [0.1, 0.15) is 10.7 Å². The minimum absolute atomic E-state index is 0.198. The van der Waals surface area contributed by atoms with Gasteiger partial charge in [0, 0.05) is 44.1 Å². The minimum Gasteiger partial charge on any atom is -0.326 e. The van der Waals surface area contributed by atoms with Gasteiger partial charge in [-0.25, -0.2) is 12.8 Å². The van der Waals surface area contributed by atoms with Crippen molar-refractivity contribution in [1.29, 1.82) is 0 Å². The number of aryl methyl sites for hydroxylation is 1. The van der Waals surface area contributed by atoms with Gasteiger partial charge >= 0.3 is 0 Å². The fourth-order valence-electron chi connectivity index (χ4n) is 3.53. The molecular formula is C18H19FN4O3S. The van der Waals surface area contributed by atoms with Crippen molar-refractivity contribution < 1.29 is 17.6 Å². The molecule has 2 aromatic rings. The lowest BCUT2D eigenvalue weighted by Gasteiger charge is -2.35. The zero-order chi connectivity index (χ0) is 19.0. The normalized spacial score (nSPS) is 20.8. The molecule has 0 radical (unpaired) electrons. The topological polar surface area (TPSA) is 91.4 Å². The van der Waals surface area contributed by atoms with Crippen molar-refractivity contribution in [2.45, 2.75) is 23.8 Å². The van der Waals surface area contributed by atoms with Gasteiger partial charge in [-0.15, -0.1) is 0 Å². The van der Waals surface area contributed by atoms with E-state index < -0.39 is 21.9 Å². The van der Waals surface area contributed by atoms with E-state index in [4.69, 9.17) is 0 Å². The molecule has 2 aliphatic rings. The first kappa shape index (κ1) is 18.0. The number of halogens is 1. The zero-order valence-electron chi connectivity index (χ0n) is 14.5. The third-order valence-electron chi connectivity index (χ3n) is 4.90. The van der Waals surface area contributed by atoms with Crippen molar-refractivity contribution in [3.8, 4) is 0 Å². The molecule has 0 bridgehead atoms. The van der Waals surface area contributed by atoms with Crippen LogP contribution in [0.15, 0.2) is 41.6 Å². The maximum absolute atomic E-state index is 14.7. The van der Waals surface area contributed by atoms with E-state index in [9.17, 15) is 17.6 Å². The van der Waals surface area contributed by atoms with E-state index in [2.05, 4.69) is 15.6 Å². The van der Waals surface area contributed by atoms with Crippen LogP contribution in [-0.2, 0) is 21.2 Å². The molecule has 0 aliphatic carbocycles. The number of rotatable bonds is 3. The number of anilines is 1. The highest BCUT2D eigenvalue weighted by atomic mass is 32.2. The molecule has 2 aliphatic heterocycles. The molecular weight excluding hydrogens is 371 g/mol. The van der Waals surface area contributed by atoms with Crippen LogP contribution in [-0.4, -0.2) is 43.2 Å². The van der Waals surface area contributed by atoms with Crippen LogP contribution in [0.1, 0.15) is 23.6 Å². The smallest absolute Gasteiger partial charge is 0.246 e. The standard InChI is InChI=1S/C18H19FN4O3S/c19-14-9-15-12(3-4-18(24)22-15)8-17(14)27(25,26)23-7-6-21-11-16(23)13-2-1-5-20-10-13/h1-2,5,8-10,16,21H,3-4,6-7,11H2,(H,22,24). The summed E-state index contributed by atoms with van der Waals surface area (Å²) in [4.78, 5) is 15.2. The van der Waals surface area contributed by atoms with Gasteiger partial charge in [0.05, 0.1) is 6.04 Å². The fraction of sp³-hybridized carbons (Fsp3) is 0.333. The lowest BCUT2D eigenvalue weighted by molar-refractivity contribution is -0.116. The largest absolute Gasteiger partial charge is 0.326 e. The Morgan fingerprint density at radius 3 is 2.89 bits per heavy atom. The Kier molecular flexibility index (Phi) is 4.67. The molecule has 2 N–H and O–H groups in total. The quantitative estimate of drug-likeness (QED) is 0.828. The molecule has 1 saturated heterocycles. The second-order valence-electron chi connectivity index (χ2n) is 6.61. The summed E-state index contributed by atoms with van der Waals surface area (Å²) in [6.07, 6.45) is 3.89. The lowest BCUT2D eigenvalue weighted by Crippen LogP contribution is -2.48. The minimum atomic E-state index is -4.06. The van der Waals surface area contributed by atoms with Crippen molar-refractivity contribution in [1.82, 2.24) is 14.6 Å². The third-order valence-corrected chi connectivity index (χ3v) is 6.83. The van der Waals surface area contributed by atoms with Crippen LogP contribution in [0.3, 0.4) is 0 Å². The average molecular weight is 390 g/mol. The van der Waals surface area contributed by atoms with Crippen LogP contribution in [0.2, 0.25) is 0 Å². The SMILES string of the molecule is O=C1CCc2cc(S(=O)(=O)N3CCNCC3c3cccnc3)c(F)cc2N1. The number of nitrogens with one attached hydrogen (secondary N) is 2. The third kappa shape index (κ3) is 3.33. The molecule has 4 rings (SSSR count). The number of fused-ring (bicyclic) bond motifs is 1. The molecule has 27 heavy (non-hydrogen) atoms. The Morgan fingerprint density at radius 1 is 1.26 bits per heavy atom. The second kappa shape index (κ2) is 6.99. The molecule has 142 valence electrons. The molecule has 1 fully saturated rings. The Balaban J connectivity index is 1.75. The van der Waals surface area contributed by atoms with Crippen LogP contribution in [0, 0.1) is 5.82 Å². The van der Waals surface area contributed by atoms with Crippen LogP contribution in [0.5, 0.6) is 0 Å². The first-order valence-corrected chi connectivity index (χ1v) is 10.2. The van der Waals surface area contributed by atoms with E-state index in [1.54, 1.807) is 18.5 Å². The van der Waals surface area contributed by atoms with E-state index in [0.717, 1.165) is 11.6 Å². The summed E-state index contributed by atoms with van der Waals surface area (Å²) < 4.78 is 42.6. The van der Waals surface area contributed by atoms with Gasteiger partial charge in [-0.3, -0.25) is 9.78 Å². The van der Waals surface area contributed by atoms with Crippen LogP contribution >= 0.6 is 0 Å². The zero-order valence-corrected chi connectivity index (χ0v) is 15.3. The van der Waals surface area contributed by atoms with Crippen molar-refractivity contribution in [2.75, 3.05) is 25.0 Å². The van der Waals surface area contributed by atoms with Gasteiger partial charge in [-0.1, -0.05) is 6.07 Å². The molecule has 1 aromatic heterocycles. The van der Waals surface area contributed by atoms with E-state index in [-0.39, 0.29) is 23.8 Å². The number of pyridine rings is 1. The monoisotopic (exact) mass is 390 g/mol. The maximum atomic E-state index is 14.7. The number of amides is 1. The number of carbonyl (C=O) groups is 1. The average Bonchev–Trinajstić information content (AvgIpc) is 2.68. The predicted octanol–water partition coefficient (Wildman–Crippen LogP) is 1.44. The van der Waals surface area contributed by atoms with E-state index in [0.29, 0.717) is 30.8 Å². The number of nitrogens with zero attached hydrogens (tertiary/aromatic N) is 2. The molecule has 9 heteroatoms. The van der Waals surface area contributed by atoms with Gasteiger partial charge in [-0.2, -0.15) is 4.31 Å². The van der Waals surface area contributed by atoms with Crippen molar-refractivity contribution in [3.05, 3.63) is 53.6 Å². The summed E-state index contributed by atoms with van der Waals surface area (Å²) >= 11 is 0.